The van der Waals surface area contributed by atoms with Crippen molar-refractivity contribution < 1.29 is 94.5 Å². The maximum absolute atomic E-state index is 12.4. The average Bonchev–Trinajstić information content (AvgIpc) is 3.16. The molecule has 0 saturated carbocycles. The van der Waals surface area contributed by atoms with Gasteiger partial charge in [0.25, 0.3) is 0 Å². The standard InChI is InChI=1S/C36H38O19/c37-12-24-28(44)30(46)32(48)35(54-24)52-22-10-17(39)9-21-18(22)11-23(34(51-21)15-7-19(40)27(43)20(41)8-15)53-36-33(49)31(47)29(45)25(55-36)13-50-26(42)6-3-14-1-4-16(38)5-2-14/h1-11,21,24-25,28-33,35-41,43-49H,12-13H2/b6-3+/t21?,24-,25-,28-,29-,30+,31+,32-,33-,35-,36-/m1/s1. The van der Waals surface area contributed by atoms with Gasteiger partial charge in [0.1, 0.15) is 78.8 Å². The van der Waals surface area contributed by atoms with Gasteiger partial charge in [-0.3, -0.25) is 0 Å². The second-order valence-corrected chi connectivity index (χ2v) is 12.8. The van der Waals surface area contributed by atoms with Gasteiger partial charge in [-0.05, 0) is 42.0 Å². The van der Waals surface area contributed by atoms with Gasteiger partial charge in [0.2, 0.25) is 12.6 Å². The summed E-state index contributed by atoms with van der Waals surface area (Å²) in [4.78, 5) is 12.4. The summed E-state index contributed by atoms with van der Waals surface area (Å²) in [5, 5.41) is 124. The summed E-state index contributed by atoms with van der Waals surface area (Å²) in [6, 6.07) is 7.84. The lowest BCUT2D eigenvalue weighted by Gasteiger charge is -2.41. The van der Waals surface area contributed by atoms with Crippen LogP contribution >= 0.6 is 0 Å². The molecule has 0 radical (unpaired) electrons. The molecule has 2 saturated heterocycles. The van der Waals surface area contributed by atoms with Crippen LogP contribution in [0.3, 0.4) is 0 Å². The summed E-state index contributed by atoms with van der Waals surface area (Å²) >= 11 is 0. The number of hydrogen-bond acceptors (Lipinski definition) is 19. The molecule has 1 aliphatic carbocycles. The van der Waals surface area contributed by atoms with E-state index < -0.39 is 110 Å². The van der Waals surface area contributed by atoms with Gasteiger partial charge in [-0.2, -0.15) is 0 Å². The molecule has 2 aromatic carbocycles. The van der Waals surface area contributed by atoms with E-state index in [2.05, 4.69) is 0 Å². The first-order valence-electron chi connectivity index (χ1n) is 16.6. The Bertz CT molecular complexity index is 1880. The fourth-order valence-corrected chi connectivity index (χ4v) is 5.96. The molecule has 3 heterocycles. The number of fused-ring (bicyclic) bond motifs is 1. The molecular formula is C36H38O19. The fourth-order valence-electron chi connectivity index (χ4n) is 5.96. The van der Waals surface area contributed by atoms with Crippen molar-refractivity contribution in [3.8, 4) is 23.0 Å². The van der Waals surface area contributed by atoms with Crippen LogP contribution in [0.15, 0.2) is 83.6 Å². The molecule has 296 valence electrons. The molecule has 6 rings (SSSR count). The van der Waals surface area contributed by atoms with Gasteiger partial charge in [-0.1, -0.05) is 12.1 Å². The molecule has 2 aromatic rings. The predicted molar refractivity (Wildman–Crippen MR) is 181 cm³/mol. The predicted octanol–water partition coefficient (Wildman–Crippen LogP) is -1.26. The molecule has 0 bridgehead atoms. The molecule has 55 heavy (non-hydrogen) atoms. The number of aliphatic hydroxyl groups is 8. The van der Waals surface area contributed by atoms with Gasteiger partial charge in [0, 0.05) is 29.4 Å². The number of carbonyl (C=O) groups excluding carboxylic acids is 1. The number of aromatic hydroxyl groups is 4. The van der Waals surface area contributed by atoms with E-state index in [-0.39, 0.29) is 34.2 Å². The molecule has 2 fully saturated rings. The Morgan fingerprint density at radius 1 is 0.745 bits per heavy atom. The normalized spacial score (nSPS) is 32.1. The van der Waals surface area contributed by atoms with E-state index >= 15 is 0 Å². The van der Waals surface area contributed by atoms with Crippen LogP contribution in [0, 0.1) is 0 Å². The summed E-state index contributed by atoms with van der Waals surface area (Å²) in [5.74, 6) is -4.66. The Kier molecular flexibility index (Phi) is 11.6. The van der Waals surface area contributed by atoms with Crippen molar-refractivity contribution in [3.63, 3.8) is 0 Å². The summed E-state index contributed by atoms with van der Waals surface area (Å²) in [6.07, 6.45) is -12.7. The number of rotatable bonds is 10. The third kappa shape index (κ3) is 8.34. The number of allylic oxidation sites excluding steroid dienone is 2. The van der Waals surface area contributed by atoms with E-state index in [9.17, 15) is 66.1 Å². The summed E-state index contributed by atoms with van der Waals surface area (Å²) in [5.41, 5.74) is 0.451. The van der Waals surface area contributed by atoms with Crippen LogP contribution in [0.5, 0.6) is 23.0 Å². The number of esters is 1. The van der Waals surface area contributed by atoms with E-state index in [0.29, 0.717) is 5.56 Å². The van der Waals surface area contributed by atoms with Crippen LogP contribution in [0.1, 0.15) is 11.1 Å². The van der Waals surface area contributed by atoms with Gasteiger partial charge in [-0.25, -0.2) is 4.79 Å². The van der Waals surface area contributed by atoms with Crippen LogP contribution in [-0.4, -0.2) is 148 Å². The Morgan fingerprint density at radius 3 is 1.98 bits per heavy atom. The number of ether oxygens (including phenoxy) is 6. The summed E-state index contributed by atoms with van der Waals surface area (Å²) in [7, 11) is 0. The molecule has 4 aliphatic rings. The molecule has 0 aromatic heterocycles. The number of benzene rings is 2. The van der Waals surface area contributed by atoms with Crippen LogP contribution in [-0.2, 0) is 33.2 Å². The van der Waals surface area contributed by atoms with Gasteiger partial charge in [0.05, 0.1) is 6.61 Å². The largest absolute Gasteiger partial charge is 0.508 e. The first-order chi connectivity index (χ1) is 26.1. The van der Waals surface area contributed by atoms with E-state index in [0.717, 1.165) is 24.3 Å². The lowest BCUT2D eigenvalue weighted by atomic mass is 9.96. The third-order valence-corrected chi connectivity index (χ3v) is 8.98. The van der Waals surface area contributed by atoms with Crippen molar-refractivity contribution in [1.82, 2.24) is 0 Å². The fraction of sp³-hybridized carbons (Fsp3) is 0.361. The Hall–Kier alpha value is -5.35. The van der Waals surface area contributed by atoms with Crippen LogP contribution in [0.25, 0.3) is 11.8 Å². The van der Waals surface area contributed by atoms with Crippen molar-refractivity contribution in [2.45, 2.75) is 67.5 Å². The minimum Gasteiger partial charge on any atom is -0.508 e. The second kappa shape index (κ2) is 16.2. The zero-order valence-corrected chi connectivity index (χ0v) is 28.3. The smallest absolute Gasteiger partial charge is 0.330 e. The molecule has 11 atom stereocenters. The zero-order chi connectivity index (χ0) is 39.7. The van der Waals surface area contributed by atoms with Gasteiger partial charge < -0.3 is 89.7 Å². The monoisotopic (exact) mass is 774 g/mol. The van der Waals surface area contributed by atoms with E-state index in [1.807, 2.05) is 0 Å². The SMILES string of the molecule is O=C(/C=C/c1ccc(O)cc1)OC[C@H]1O[C@@H](OC2=C(c3cc(O)c(O)c(O)c3)OC3C=C(O)C=C(O[C@@H]4O[C@H](CO)[C@@H](O)[C@H](O)[C@H]4O)C3=C2)[C@H](O)[C@@H](O)[C@@H]1O. The van der Waals surface area contributed by atoms with Crippen molar-refractivity contribution in [3.05, 3.63) is 94.7 Å². The Morgan fingerprint density at radius 2 is 1.35 bits per heavy atom. The zero-order valence-electron chi connectivity index (χ0n) is 28.3. The number of phenols is 4. The topological polar surface area (TPSA) is 315 Å². The molecule has 1 unspecified atom stereocenters. The second-order valence-electron chi connectivity index (χ2n) is 12.8. The summed E-state index contributed by atoms with van der Waals surface area (Å²) < 4.78 is 34.2. The molecule has 3 aliphatic heterocycles. The maximum Gasteiger partial charge on any atom is 0.330 e. The minimum absolute atomic E-state index is 0.0203. The lowest BCUT2D eigenvalue weighted by Crippen LogP contribution is -2.59. The first kappa shape index (κ1) is 39.3. The quantitative estimate of drug-likeness (QED) is 0.0761. The van der Waals surface area contributed by atoms with Crippen molar-refractivity contribution in [2.24, 2.45) is 0 Å². The number of phenolic OH excluding ortho intramolecular Hbond substituents is 4. The van der Waals surface area contributed by atoms with Crippen LogP contribution in [0.2, 0.25) is 0 Å². The highest BCUT2D eigenvalue weighted by atomic mass is 16.7. The first-order valence-corrected chi connectivity index (χ1v) is 16.6. The highest BCUT2D eigenvalue weighted by Crippen LogP contribution is 2.43. The van der Waals surface area contributed by atoms with Crippen LogP contribution < -0.4 is 0 Å². The van der Waals surface area contributed by atoms with Crippen LogP contribution in [0.4, 0.5) is 0 Å². The maximum atomic E-state index is 12.4. The number of hydrogen-bond donors (Lipinski definition) is 12. The van der Waals surface area contributed by atoms with E-state index in [4.69, 9.17) is 28.4 Å². The molecule has 12 N–H and O–H groups in total. The number of carbonyl (C=O) groups is 1. The molecular weight excluding hydrogens is 736 g/mol. The van der Waals surface area contributed by atoms with Gasteiger partial charge >= 0.3 is 5.97 Å². The van der Waals surface area contributed by atoms with Crippen molar-refractivity contribution in [1.29, 1.82) is 0 Å². The summed E-state index contributed by atoms with van der Waals surface area (Å²) in [6.45, 7) is -1.40. The molecule has 19 nitrogen and oxygen atoms in total. The van der Waals surface area contributed by atoms with Gasteiger partial charge in [0.15, 0.2) is 28.8 Å². The third-order valence-electron chi connectivity index (χ3n) is 8.98. The minimum atomic E-state index is -1.96. The van der Waals surface area contributed by atoms with Gasteiger partial charge in [-0.15, -0.1) is 0 Å². The Balaban J connectivity index is 1.29. The van der Waals surface area contributed by atoms with Crippen molar-refractivity contribution >= 4 is 17.8 Å². The molecule has 0 amide bonds. The molecule has 0 spiro atoms. The number of aliphatic hydroxyl groups excluding tert-OH is 8. The average molecular weight is 775 g/mol. The lowest BCUT2D eigenvalue weighted by molar-refractivity contribution is -0.292. The highest BCUT2D eigenvalue weighted by Gasteiger charge is 2.48. The van der Waals surface area contributed by atoms with E-state index in [1.165, 1.54) is 42.5 Å². The molecule has 19 heteroatoms. The highest BCUT2D eigenvalue weighted by molar-refractivity contribution is 5.87. The Labute approximate surface area is 310 Å². The van der Waals surface area contributed by atoms with E-state index in [1.54, 1.807) is 0 Å². The van der Waals surface area contributed by atoms with Crippen molar-refractivity contribution in [2.75, 3.05) is 13.2 Å².